The molecule has 86 valence electrons. The van der Waals surface area contributed by atoms with Crippen molar-refractivity contribution in [2.45, 2.75) is 30.7 Å². The molecule has 1 aliphatic rings. The summed E-state index contributed by atoms with van der Waals surface area (Å²) in [6.45, 7) is 0.845. The van der Waals surface area contributed by atoms with Crippen LogP contribution in [-0.4, -0.2) is 12.6 Å². The molecule has 1 aliphatic carbocycles. The molecule has 1 saturated carbocycles. The predicted octanol–water partition coefficient (Wildman–Crippen LogP) is 2.22. The van der Waals surface area contributed by atoms with Crippen molar-refractivity contribution in [2.75, 3.05) is 6.54 Å². The van der Waals surface area contributed by atoms with E-state index in [1.165, 1.54) is 0 Å². The van der Waals surface area contributed by atoms with Gasteiger partial charge in [0.05, 0.1) is 11.5 Å². The first-order valence-electron chi connectivity index (χ1n) is 5.94. The summed E-state index contributed by atoms with van der Waals surface area (Å²) in [7, 11) is 0. The lowest BCUT2D eigenvalue weighted by Crippen LogP contribution is -2.51. The molecule has 0 spiro atoms. The predicted molar refractivity (Wildman–Crippen MR) is 68.2 cm³/mol. The second-order valence-electron chi connectivity index (χ2n) is 4.57. The molecule has 0 atom stereocenters. The second kappa shape index (κ2) is 5.04. The lowest BCUT2D eigenvalue weighted by molar-refractivity contribution is 0.229. The molecule has 1 aromatic rings. The van der Waals surface area contributed by atoms with E-state index in [1.807, 2.05) is 30.3 Å². The van der Waals surface area contributed by atoms with Crippen molar-refractivity contribution in [1.82, 2.24) is 5.32 Å². The maximum atomic E-state index is 9.37. The third-order valence-electron chi connectivity index (χ3n) is 3.43. The molecule has 0 heterocycles. The van der Waals surface area contributed by atoms with Crippen molar-refractivity contribution in [3.05, 3.63) is 35.9 Å². The highest BCUT2D eigenvalue weighted by Gasteiger charge is 2.45. The molecule has 1 fully saturated rings. The Kier molecular flexibility index (Phi) is 3.47. The van der Waals surface area contributed by atoms with Crippen LogP contribution in [0.4, 0.5) is 0 Å². The number of nitriles is 1. The topological polar surface area (TPSA) is 35.8 Å². The van der Waals surface area contributed by atoms with E-state index in [9.17, 15) is 5.26 Å². The second-order valence-corrected chi connectivity index (χ2v) is 4.57. The Morgan fingerprint density at radius 3 is 2.65 bits per heavy atom. The largest absolute Gasteiger partial charge is 0.313 e. The average Bonchev–Trinajstić information content (AvgIpc) is 2.34. The maximum absolute atomic E-state index is 9.37. The monoisotopic (exact) mass is 224 g/mol. The fraction of sp³-hybridized carbons (Fsp3) is 0.400. The van der Waals surface area contributed by atoms with Crippen molar-refractivity contribution in [3.63, 3.8) is 0 Å². The van der Waals surface area contributed by atoms with Gasteiger partial charge < -0.3 is 5.32 Å². The average molecular weight is 224 g/mol. The zero-order chi connectivity index (χ0) is 12.1. The highest BCUT2D eigenvalue weighted by Crippen LogP contribution is 2.43. The zero-order valence-electron chi connectivity index (χ0n) is 9.82. The summed E-state index contributed by atoms with van der Waals surface area (Å²) in [6.07, 6.45) is 7.73. The van der Waals surface area contributed by atoms with E-state index in [-0.39, 0.29) is 5.41 Å². The third kappa shape index (κ3) is 2.33. The van der Waals surface area contributed by atoms with Crippen LogP contribution in [0.15, 0.2) is 30.3 Å². The fourth-order valence-corrected chi connectivity index (χ4v) is 2.42. The molecule has 0 bridgehead atoms. The van der Waals surface area contributed by atoms with Crippen molar-refractivity contribution >= 4 is 0 Å². The first-order chi connectivity index (χ1) is 8.30. The lowest BCUT2D eigenvalue weighted by atomic mass is 9.62. The van der Waals surface area contributed by atoms with Crippen molar-refractivity contribution in [1.29, 1.82) is 5.26 Å². The van der Waals surface area contributed by atoms with E-state index in [4.69, 9.17) is 6.42 Å². The minimum absolute atomic E-state index is 0.283. The Balaban J connectivity index is 1.95. The van der Waals surface area contributed by atoms with Crippen LogP contribution < -0.4 is 5.32 Å². The first-order valence-corrected chi connectivity index (χ1v) is 5.94. The van der Waals surface area contributed by atoms with Crippen molar-refractivity contribution in [2.24, 2.45) is 0 Å². The summed E-state index contributed by atoms with van der Waals surface area (Å²) >= 11 is 0. The first kappa shape index (κ1) is 11.7. The Bertz CT molecular complexity index is 444. The number of rotatable bonds is 4. The molecule has 2 rings (SSSR count). The molecule has 0 radical (unpaired) electrons. The highest BCUT2D eigenvalue weighted by atomic mass is 14.9. The summed E-state index contributed by atoms with van der Waals surface area (Å²) < 4.78 is 0. The lowest BCUT2D eigenvalue weighted by Gasteiger charge is -2.43. The van der Waals surface area contributed by atoms with E-state index >= 15 is 0 Å². The number of nitrogens with zero attached hydrogens (tertiary/aromatic N) is 1. The fourth-order valence-electron chi connectivity index (χ4n) is 2.42. The van der Waals surface area contributed by atoms with E-state index in [1.54, 1.807) is 0 Å². The van der Waals surface area contributed by atoms with Gasteiger partial charge in [0.2, 0.25) is 0 Å². The van der Waals surface area contributed by atoms with Crippen LogP contribution in [0.25, 0.3) is 0 Å². The molecule has 17 heavy (non-hydrogen) atoms. The molecule has 0 saturated heterocycles. The number of hydrogen-bond donors (Lipinski definition) is 1. The van der Waals surface area contributed by atoms with E-state index in [0.29, 0.717) is 6.04 Å². The molecule has 2 heteroatoms. The number of terminal acetylenes is 1. The minimum atomic E-state index is -0.283. The summed E-state index contributed by atoms with van der Waals surface area (Å²) in [6, 6.07) is 13.0. The SMILES string of the molecule is C#CCCNC1CC(C#N)(c2ccccc2)C1. The molecular weight excluding hydrogens is 208 g/mol. The molecule has 0 amide bonds. The van der Waals surface area contributed by atoms with Gasteiger partial charge in [-0.2, -0.15) is 5.26 Å². The normalized spacial score (nSPS) is 26.6. The summed E-state index contributed by atoms with van der Waals surface area (Å²) in [5, 5.41) is 12.8. The highest BCUT2D eigenvalue weighted by molar-refractivity contribution is 5.36. The van der Waals surface area contributed by atoms with Gasteiger partial charge in [-0.15, -0.1) is 12.3 Å². The quantitative estimate of drug-likeness (QED) is 0.629. The van der Waals surface area contributed by atoms with E-state index < -0.39 is 0 Å². The van der Waals surface area contributed by atoms with Gasteiger partial charge >= 0.3 is 0 Å². The zero-order valence-corrected chi connectivity index (χ0v) is 9.82. The Morgan fingerprint density at radius 2 is 2.06 bits per heavy atom. The van der Waals surface area contributed by atoms with Crippen LogP contribution >= 0.6 is 0 Å². The third-order valence-corrected chi connectivity index (χ3v) is 3.43. The molecule has 0 aliphatic heterocycles. The summed E-state index contributed by atoms with van der Waals surface area (Å²) in [5.41, 5.74) is 0.854. The van der Waals surface area contributed by atoms with Crippen molar-refractivity contribution in [3.8, 4) is 18.4 Å². The van der Waals surface area contributed by atoms with Crippen LogP contribution in [0, 0.1) is 23.7 Å². The molecule has 2 nitrogen and oxygen atoms in total. The van der Waals surface area contributed by atoms with Gasteiger partial charge in [-0.05, 0) is 18.4 Å². The maximum Gasteiger partial charge on any atom is 0.0852 e. The van der Waals surface area contributed by atoms with Gasteiger partial charge in [0, 0.05) is 19.0 Å². The van der Waals surface area contributed by atoms with Crippen LogP contribution in [0.2, 0.25) is 0 Å². The smallest absolute Gasteiger partial charge is 0.0852 e. The van der Waals surface area contributed by atoms with Gasteiger partial charge in [-0.25, -0.2) is 0 Å². The Morgan fingerprint density at radius 1 is 1.35 bits per heavy atom. The molecule has 0 unspecified atom stereocenters. The van der Waals surface area contributed by atoms with Crippen molar-refractivity contribution < 1.29 is 0 Å². The number of hydrogen-bond acceptors (Lipinski definition) is 2. The van der Waals surface area contributed by atoms with Gasteiger partial charge in [0.15, 0.2) is 0 Å². The van der Waals surface area contributed by atoms with Crippen LogP contribution in [-0.2, 0) is 5.41 Å². The number of nitrogens with one attached hydrogen (secondary N) is 1. The summed E-state index contributed by atoms with van der Waals surface area (Å²) in [4.78, 5) is 0. The minimum Gasteiger partial charge on any atom is -0.313 e. The van der Waals surface area contributed by atoms with Gasteiger partial charge in [0.25, 0.3) is 0 Å². The summed E-state index contributed by atoms with van der Waals surface area (Å²) in [5.74, 6) is 2.61. The Labute approximate surface area is 103 Å². The van der Waals surface area contributed by atoms with Crippen LogP contribution in [0.5, 0.6) is 0 Å². The molecule has 1 aromatic carbocycles. The molecule has 0 aromatic heterocycles. The van der Waals surface area contributed by atoms with Crippen LogP contribution in [0.3, 0.4) is 0 Å². The van der Waals surface area contributed by atoms with Gasteiger partial charge in [-0.3, -0.25) is 0 Å². The van der Waals surface area contributed by atoms with Crippen LogP contribution in [0.1, 0.15) is 24.8 Å². The van der Waals surface area contributed by atoms with Gasteiger partial charge in [-0.1, -0.05) is 30.3 Å². The van der Waals surface area contributed by atoms with E-state index in [0.717, 1.165) is 31.4 Å². The molecular formula is C15H16N2. The number of benzene rings is 1. The molecule has 1 N–H and O–H groups in total. The van der Waals surface area contributed by atoms with Gasteiger partial charge in [0.1, 0.15) is 0 Å². The standard InChI is InChI=1S/C15H16N2/c1-2-3-9-17-14-10-15(11-14,12-16)13-7-5-4-6-8-13/h1,4-8,14,17H,3,9-11H2. The van der Waals surface area contributed by atoms with E-state index in [2.05, 4.69) is 17.3 Å². The Hall–Kier alpha value is -1.77.